The molecule has 2 heterocycles. The van der Waals surface area contributed by atoms with Crippen LogP contribution < -0.4 is 25.5 Å². The highest BCUT2D eigenvalue weighted by Crippen LogP contribution is 2.31. The van der Waals surface area contributed by atoms with Crippen molar-refractivity contribution < 1.29 is 60.2 Å². The minimum Gasteiger partial charge on any atom is -0.542 e. The number of amides is 1. The molecule has 0 saturated carbocycles. The van der Waals surface area contributed by atoms with Gasteiger partial charge in [-0.05, 0) is 41.0 Å². The fourth-order valence-electron chi connectivity index (χ4n) is 4.73. The first-order valence-electron chi connectivity index (χ1n) is 14.8. The molecule has 5 rings (SSSR count). The number of rotatable bonds is 8. The normalized spacial score (nSPS) is 11.6. The monoisotopic (exact) mass is 731 g/mol. The molecular weight excluding hydrogens is 700 g/mol. The van der Waals surface area contributed by atoms with Gasteiger partial charge in [-0.25, -0.2) is 9.36 Å². The second kappa shape index (κ2) is 17.0. The number of methoxy groups -OCH3 is 1. The standard InChI is InChI=1S/C31H29N5O2.2C2HF3O2/c1-35-16-14-23(15-17-35)29(22-9-4-3-5-10-22)34-31(37)27-19-25-26(12-7-13-28(25)38-2)36(27)20-21-8-6-11-24(18-21)30(32)33;2*3-2(4,5)1(6)7/h3-19,29H,20H2,1-2H3,(H3-,32,33,34,37);2*(H,6,7). The number of carbonyl (C=O) groups excluding carboxylic acids is 2. The van der Waals surface area contributed by atoms with Crippen LogP contribution in [-0.4, -0.2) is 52.8 Å². The lowest BCUT2D eigenvalue weighted by molar-refractivity contribution is -0.671. The van der Waals surface area contributed by atoms with Gasteiger partial charge in [0.05, 0.1) is 18.7 Å². The van der Waals surface area contributed by atoms with Gasteiger partial charge in [0, 0.05) is 29.6 Å². The topological polar surface area (TPSA) is 174 Å². The first kappa shape index (κ1) is 40.0. The predicted octanol–water partition coefficient (Wildman–Crippen LogP) is 4.26. The van der Waals surface area contributed by atoms with Crippen molar-refractivity contribution in [3.05, 3.63) is 131 Å². The molecule has 0 aliphatic rings. The molecule has 0 aliphatic heterocycles. The van der Waals surface area contributed by atoms with Gasteiger partial charge < -0.3 is 35.4 Å². The number of halogens is 6. The number of amidine groups is 1. The van der Waals surface area contributed by atoms with Gasteiger partial charge in [-0.3, -0.25) is 10.2 Å². The number of nitrogens with two attached hydrogens (primary N) is 1. The maximum absolute atomic E-state index is 14.0. The number of carboxylic acids is 2. The van der Waals surface area contributed by atoms with Crippen LogP contribution in [0.25, 0.3) is 10.9 Å². The second-order valence-electron chi connectivity index (χ2n) is 10.8. The van der Waals surface area contributed by atoms with Crippen molar-refractivity contribution in [2.75, 3.05) is 7.11 Å². The van der Waals surface area contributed by atoms with E-state index in [0.29, 0.717) is 23.6 Å². The van der Waals surface area contributed by atoms with Crippen LogP contribution in [0.2, 0.25) is 0 Å². The lowest BCUT2D eigenvalue weighted by atomic mass is 9.99. The number of nitrogens with one attached hydrogen (secondary N) is 2. The Morgan fingerprint density at radius 1 is 0.904 bits per heavy atom. The summed E-state index contributed by atoms with van der Waals surface area (Å²) in [6.45, 7) is 0.428. The molecule has 0 spiro atoms. The Bertz CT molecular complexity index is 2010. The quantitative estimate of drug-likeness (QED) is 0.0799. The summed E-state index contributed by atoms with van der Waals surface area (Å²) in [4.78, 5) is 31.7. The van der Waals surface area contributed by atoms with Crippen LogP contribution in [0.3, 0.4) is 0 Å². The molecule has 17 heteroatoms. The van der Waals surface area contributed by atoms with E-state index in [2.05, 4.69) is 5.32 Å². The summed E-state index contributed by atoms with van der Waals surface area (Å²) >= 11 is 0. The molecule has 2 aromatic heterocycles. The number of aromatic nitrogens is 2. The number of pyridine rings is 1. The summed E-state index contributed by atoms with van der Waals surface area (Å²) < 4.78 is 72.9. The van der Waals surface area contributed by atoms with E-state index in [4.69, 9.17) is 35.7 Å². The van der Waals surface area contributed by atoms with Crippen LogP contribution in [0.4, 0.5) is 26.3 Å². The van der Waals surface area contributed by atoms with Crippen LogP contribution in [0.1, 0.15) is 38.8 Å². The van der Waals surface area contributed by atoms with Gasteiger partial charge in [-0.15, -0.1) is 0 Å². The fourth-order valence-corrected chi connectivity index (χ4v) is 4.73. The summed E-state index contributed by atoms with van der Waals surface area (Å²) in [5.41, 5.74) is 10.7. The largest absolute Gasteiger partial charge is 0.542 e. The van der Waals surface area contributed by atoms with Crippen LogP contribution in [-0.2, 0) is 23.2 Å². The Labute approximate surface area is 292 Å². The van der Waals surface area contributed by atoms with E-state index in [9.17, 15) is 31.1 Å². The number of aryl methyl sites for hydroxylation is 1. The van der Waals surface area contributed by atoms with Gasteiger partial charge in [0.2, 0.25) is 0 Å². The number of aliphatic carboxylic acids is 2. The van der Waals surface area contributed by atoms with Gasteiger partial charge in [0.1, 0.15) is 30.3 Å². The first-order chi connectivity index (χ1) is 24.3. The molecule has 0 aliphatic carbocycles. The van der Waals surface area contributed by atoms with Crippen molar-refractivity contribution in [1.82, 2.24) is 9.88 Å². The zero-order chi connectivity index (χ0) is 38.8. The fraction of sp³-hybridized carbons (Fsp3) is 0.171. The molecule has 5 aromatic rings. The Morgan fingerprint density at radius 3 is 1.98 bits per heavy atom. The molecule has 274 valence electrons. The number of fused-ring (bicyclic) bond motifs is 1. The molecular formula is C35H31F6N5O6. The molecule has 0 saturated heterocycles. The van der Waals surface area contributed by atoms with E-state index in [0.717, 1.165) is 27.6 Å². The van der Waals surface area contributed by atoms with E-state index in [-0.39, 0.29) is 17.8 Å². The van der Waals surface area contributed by atoms with E-state index >= 15 is 0 Å². The highest BCUT2D eigenvalue weighted by molar-refractivity contribution is 6.01. The van der Waals surface area contributed by atoms with E-state index < -0.39 is 24.3 Å². The number of hydrogen-bond donors (Lipinski definition) is 4. The second-order valence-corrected chi connectivity index (χ2v) is 10.8. The third-order valence-corrected chi connectivity index (χ3v) is 7.16. The van der Waals surface area contributed by atoms with Crippen molar-refractivity contribution in [1.29, 1.82) is 5.41 Å². The molecule has 1 amide bonds. The van der Waals surface area contributed by atoms with Gasteiger partial charge in [0.15, 0.2) is 12.4 Å². The first-order valence-corrected chi connectivity index (χ1v) is 14.8. The van der Waals surface area contributed by atoms with Crippen molar-refractivity contribution in [2.24, 2.45) is 12.8 Å². The summed E-state index contributed by atoms with van der Waals surface area (Å²) in [6, 6.07) is 28.9. The van der Waals surface area contributed by atoms with Crippen molar-refractivity contribution >= 4 is 34.6 Å². The molecule has 1 atom stereocenters. The molecule has 3 aromatic carbocycles. The van der Waals surface area contributed by atoms with Crippen molar-refractivity contribution in [3.8, 4) is 5.75 Å². The zero-order valence-corrected chi connectivity index (χ0v) is 27.3. The third kappa shape index (κ3) is 10.8. The molecule has 0 fully saturated rings. The number of benzene rings is 3. The maximum Gasteiger partial charge on any atom is 0.490 e. The average molecular weight is 732 g/mol. The smallest absolute Gasteiger partial charge is 0.490 e. The Morgan fingerprint density at radius 2 is 1.46 bits per heavy atom. The lowest BCUT2D eigenvalue weighted by Crippen LogP contribution is -2.37. The molecule has 1 unspecified atom stereocenters. The molecule has 0 bridgehead atoms. The molecule has 52 heavy (non-hydrogen) atoms. The van der Waals surface area contributed by atoms with Gasteiger partial charge >= 0.3 is 18.3 Å². The third-order valence-electron chi connectivity index (χ3n) is 7.16. The minimum absolute atomic E-state index is 0.00538. The van der Waals surface area contributed by atoms with E-state index in [1.165, 1.54) is 0 Å². The Kier molecular flexibility index (Phi) is 13.1. The number of carbonyl (C=O) groups is 3. The van der Waals surface area contributed by atoms with Crippen molar-refractivity contribution in [3.63, 3.8) is 0 Å². The summed E-state index contributed by atoms with van der Waals surface area (Å²) in [6.07, 6.45) is -6.33. The summed E-state index contributed by atoms with van der Waals surface area (Å²) in [5, 5.41) is 27.9. The SMILES string of the molecule is COc1cccc2c1cc(C(=O)NC(c1ccccc1)c1cc[n+](C)cc1)n2Cc1cccc(C(=N)N)c1.O=C(O)C(F)(F)F.O=C([O-])C(F)(F)F. The Hall–Kier alpha value is -6.39. The van der Waals surface area contributed by atoms with Gasteiger partial charge in [0.25, 0.3) is 5.91 Å². The zero-order valence-electron chi connectivity index (χ0n) is 27.3. The van der Waals surface area contributed by atoms with Crippen LogP contribution in [0.15, 0.2) is 103 Å². The van der Waals surface area contributed by atoms with Crippen molar-refractivity contribution in [2.45, 2.75) is 24.9 Å². The average Bonchev–Trinajstić information content (AvgIpc) is 3.46. The van der Waals surface area contributed by atoms with Gasteiger partial charge in [-0.1, -0.05) is 54.6 Å². The molecule has 5 N–H and O–H groups in total. The maximum atomic E-state index is 14.0. The molecule has 0 radical (unpaired) electrons. The number of nitrogen functional groups attached to an aromatic ring is 1. The lowest BCUT2D eigenvalue weighted by Gasteiger charge is -2.20. The van der Waals surface area contributed by atoms with Crippen LogP contribution >= 0.6 is 0 Å². The minimum atomic E-state index is -5.19. The highest BCUT2D eigenvalue weighted by atomic mass is 19.4. The highest BCUT2D eigenvalue weighted by Gasteiger charge is 2.38. The van der Waals surface area contributed by atoms with Gasteiger partial charge in [-0.2, -0.15) is 26.3 Å². The number of alkyl halides is 6. The summed E-state index contributed by atoms with van der Waals surface area (Å²) in [5.74, 6) is -5.26. The molecule has 11 nitrogen and oxygen atoms in total. The predicted molar refractivity (Wildman–Crippen MR) is 173 cm³/mol. The number of nitrogens with zero attached hydrogens (tertiary/aromatic N) is 2. The van der Waals surface area contributed by atoms with E-state index in [1.54, 1.807) is 13.2 Å². The summed E-state index contributed by atoms with van der Waals surface area (Å²) in [7, 11) is 3.59. The van der Waals surface area contributed by atoms with Crippen LogP contribution in [0, 0.1) is 5.41 Å². The number of carboxylic acid groups (broad SMARTS) is 2. The van der Waals surface area contributed by atoms with Crippen LogP contribution in [0.5, 0.6) is 5.75 Å². The Balaban J connectivity index is 0.000000441. The van der Waals surface area contributed by atoms with E-state index in [1.807, 2.05) is 114 Å². The number of ether oxygens (including phenoxy) is 1. The number of hydrogen-bond acceptors (Lipinski definition) is 6.